The van der Waals surface area contributed by atoms with Gasteiger partial charge in [0.25, 0.3) is 0 Å². The summed E-state index contributed by atoms with van der Waals surface area (Å²) in [7, 11) is 1.27. The van der Waals surface area contributed by atoms with Gasteiger partial charge >= 0.3 is 12.1 Å². The van der Waals surface area contributed by atoms with Crippen LogP contribution in [0.15, 0.2) is 18.2 Å². The van der Waals surface area contributed by atoms with E-state index in [0.717, 1.165) is 12.1 Å². The number of alkyl halides is 3. The number of rotatable bonds is 2. The number of esters is 1. The first kappa shape index (κ1) is 15.8. The Kier molecular flexibility index (Phi) is 4.51. The van der Waals surface area contributed by atoms with E-state index in [4.69, 9.17) is 0 Å². The molecule has 1 aliphatic heterocycles. The summed E-state index contributed by atoms with van der Waals surface area (Å²) < 4.78 is 56.1. The van der Waals surface area contributed by atoms with Crippen molar-refractivity contribution in [3.8, 4) is 0 Å². The summed E-state index contributed by atoms with van der Waals surface area (Å²) in [6.07, 6.45) is -4.22. The zero-order valence-corrected chi connectivity index (χ0v) is 11.3. The molecular weight excluding hydrogens is 290 g/mol. The van der Waals surface area contributed by atoms with Gasteiger partial charge in [-0.1, -0.05) is 6.07 Å². The molecule has 0 spiro atoms. The number of nitrogens with one attached hydrogen (secondary N) is 1. The minimum Gasteiger partial charge on any atom is -0.469 e. The van der Waals surface area contributed by atoms with Crippen molar-refractivity contribution in [3.63, 3.8) is 0 Å². The standard InChI is InChI=1S/C14H15F4NO2/c1-21-13(20)9-4-8(6-19-7-9)11-3-2-10(5-12(11)15)14(16,17)18/h2-3,5,8-9,19H,4,6-7H2,1H3. The van der Waals surface area contributed by atoms with Gasteiger partial charge in [0, 0.05) is 19.0 Å². The molecule has 7 heteroatoms. The van der Waals surface area contributed by atoms with Crippen LogP contribution in [0.1, 0.15) is 23.5 Å². The Hall–Kier alpha value is -1.63. The molecule has 0 radical (unpaired) electrons. The molecule has 21 heavy (non-hydrogen) atoms. The predicted octanol–water partition coefficient (Wildman–Crippen LogP) is 2.71. The number of hydrogen-bond donors (Lipinski definition) is 1. The molecule has 0 aliphatic carbocycles. The van der Waals surface area contributed by atoms with Crippen LogP contribution in [0.2, 0.25) is 0 Å². The van der Waals surface area contributed by atoms with E-state index >= 15 is 0 Å². The predicted molar refractivity (Wildman–Crippen MR) is 67.1 cm³/mol. The lowest BCUT2D eigenvalue weighted by Gasteiger charge is -2.29. The van der Waals surface area contributed by atoms with E-state index in [0.29, 0.717) is 25.6 Å². The second-order valence-electron chi connectivity index (χ2n) is 5.05. The number of hydrogen-bond acceptors (Lipinski definition) is 3. The lowest BCUT2D eigenvalue weighted by molar-refractivity contribution is -0.146. The first-order chi connectivity index (χ1) is 9.82. The maximum Gasteiger partial charge on any atom is 0.416 e. The topological polar surface area (TPSA) is 38.3 Å². The zero-order chi connectivity index (χ0) is 15.6. The molecule has 1 aromatic carbocycles. The Morgan fingerprint density at radius 3 is 2.62 bits per heavy atom. The molecule has 1 aromatic rings. The highest BCUT2D eigenvalue weighted by Crippen LogP contribution is 2.34. The molecule has 0 aromatic heterocycles. The van der Waals surface area contributed by atoms with Crippen LogP contribution in [0.3, 0.4) is 0 Å². The third-order valence-corrected chi connectivity index (χ3v) is 3.65. The van der Waals surface area contributed by atoms with E-state index in [2.05, 4.69) is 10.1 Å². The van der Waals surface area contributed by atoms with Gasteiger partial charge in [-0.05, 0) is 24.1 Å². The van der Waals surface area contributed by atoms with Crippen molar-refractivity contribution in [1.29, 1.82) is 0 Å². The van der Waals surface area contributed by atoms with Gasteiger partial charge in [-0.15, -0.1) is 0 Å². The summed E-state index contributed by atoms with van der Waals surface area (Å²) in [6.45, 7) is 0.835. The minimum absolute atomic E-state index is 0.184. The van der Waals surface area contributed by atoms with Crippen molar-refractivity contribution in [2.75, 3.05) is 20.2 Å². The van der Waals surface area contributed by atoms with E-state index in [1.807, 2.05) is 0 Å². The molecule has 1 fully saturated rings. The molecular formula is C14H15F4NO2. The average Bonchev–Trinajstić information content (AvgIpc) is 2.45. The Balaban J connectivity index is 2.20. The van der Waals surface area contributed by atoms with E-state index in [1.165, 1.54) is 7.11 Å². The summed E-state index contributed by atoms with van der Waals surface area (Å²) >= 11 is 0. The summed E-state index contributed by atoms with van der Waals surface area (Å²) in [5.41, 5.74) is -0.832. The minimum atomic E-state index is -4.57. The van der Waals surface area contributed by atoms with Crippen LogP contribution in [0.5, 0.6) is 0 Å². The highest BCUT2D eigenvalue weighted by Gasteiger charge is 2.33. The average molecular weight is 305 g/mol. The lowest BCUT2D eigenvalue weighted by Crippen LogP contribution is -2.39. The molecule has 1 saturated heterocycles. The molecule has 116 valence electrons. The third-order valence-electron chi connectivity index (χ3n) is 3.65. The SMILES string of the molecule is COC(=O)C1CNCC(c2ccc(C(F)(F)F)cc2F)C1. The molecule has 0 amide bonds. The Morgan fingerprint density at radius 2 is 2.05 bits per heavy atom. The van der Waals surface area contributed by atoms with Crippen molar-refractivity contribution < 1.29 is 27.1 Å². The van der Waals surface area contributed by atoms with Crippen molar-refractivity contribution in [2.24, 2.45) is 5.92 Å². The van der Waals surface area contributed by atoms with Crippen LogP contribution < -0.4 is 5.32 Å². The summed E-state index contributed by atoms with van der Waals surface area (Å²) in [4.78, 5) is 11.5. The zero-order valence-electron chi connectivity index (χ0n) is 11.3. The van der Waals surface area contributed by atoms with Gasteiger partial charge in [-0.25, -0.2) is 4.39 Å². The Labute approximate surface area is 119 Å². The molecule has 1 aliphatic rings. The number of carbonyl (C=O) groups is 1. The number of carbonyl (C=O) groups excluding carboxylic acids is 1. The van der Waals surface area contributed by atoms with Crippen LogP contribution in [0.4, 0.5) is 17.6 Å². The fourth-order valence-electron chi connectivity index (χ4n) is 2.56. The Bertz CT molecular complexity index is 530. The number of halogens is 4. The van der Waals surface area contributed by atoms with Crippen LogP contribution in [0, 0.1) is 11.7 Å². The van der Waals surface area contributed by atoms with Crippen molar-refractivity contribution in [1.82, 2.24) is 5.32 Å². The van der Waals surface area contributed by atoms with Crippen LogP contribution in [-0.2, 0) is 15.7 Å². The van der Waals surface area contributed by atoms with E-state index in [-0.39, 0.29) is 11.5 Å². The molecule has 3 nitrogen and oxygen atoms in total. The van der Waals surface area contributed by atoms with Gasteiger partial charge in [-0.3, -0.25) is 4.79 Å². The fraction of sp³-hybridized carbons (Fsp3) is 0.500. The quantitative estimate of drug-likeness (QED) is 0.674. The number of piperidine rings is 1. The van der Waals surface area contributed by atoms with Gasteiger partial charge in [0.15, 0.2) is 0 Å². The number of methoxy groups -OCH3 is 1. The molecule has 0 saturated carbocycles. The molecule has 1 N–H and O–H groups in total. The monoisotopic (exact) mass is 305 g/mol. The molecule has 1 heterocycles. The molecule has 2 rings (SSSR count). The van der Waals surface area contributed by atoms with Gasteiger partial charge in [0.1, 0.15) is 5.82 Å². The normalized spacial score (nSPS) is 22.9. The lowest BCUT2D eigenvalue weighted by atomic mass is 9.85. The van der Waals surface area contributed by atoms with Crippen molar-refractivity contribution in [2.45, 2.75) is 18.5 Å². The third kappa shape index (κ3) is 3.53. The van der Waals surface area contributed by atoms with Crippen LogP contribution in [0.25, 0.3) is 0 Å². The van der Waals surface area contributed by atoms with Crippen LogP contribution in [-0.4, -0.2) is 26.2 Å². The number of ether oxygens (including phenoxy) is 1. The fourth-order valence-corrected chi connectivity index (χ4v) is 2.56. The summed E-state index contributed by atoms with van der Waals surface area (Å²) in [5, 5.41) is 2.98. The molecule has 2 atom stereocenters. The van der Waals surface area contributed by atoms with Crippen LogP contribution >= 0.6 is 0 Å². The first-order valence-corrected chi connectivity index (χ1v) is 6.48. The molecule has 2 unspecified atom stereocenters. The highest BCUT2D eigenvalue weighted by molar-refractivity contribution is 5.72. The summed E-state index contributed by atoms with van der Waals surface area (Å²) in [5.74, 6) is -2.08. The van der Waals surface area contributed by atoms with Crippen molar-refractivity contribution >= 4 is 5.97 Å². The van der Waals surface area contributed by atoms with Gasteiger partial charge in [-0.2, -0.15) is 13.2 Å². The molecule has 0 bridgehead atoms. The highest BCUT2D eigenvalue weighted by atomic mass is 19.4. The van der Waals surface area contributed by atoms with E-state index in [9.17, 15) is 22.4 Å². The van der Waals surface area contributed by atoms with Crippen molar-refractivity contribution in [3.05, 3.63) is 35.1 Å². The van der Waals surface area contributed by atoms with E-state index < -0.39 is 29.4 Å². The number of benzene rings is 1. The Morgan fingerprint density at radius 1 is 1.33 bits per heavy atom. The first-order valence-electron chi connectivity index (χ1n) is 6.48. The maximum atomic E-state index is 13.9. The second-order valence-corrected chi connectivity index (χ2v) is 5.05. The smallest absolute Gasteiger partial charge is 0.416 e. The largest absolute Gasteiger partial charge is 0.469 e. The van der Waals surface area contributed by atoms with E-state index in [1.54, 1.807) is 0 Å². The van der Waals surface area contributed by atoms with Gasteiger partial charge in [0.05, 0.1) is 18.6 Å². The summed E-state index contributed by atoms with van der Waals surface area (Å²) in [6, 6.07) is 2.50. The second kappa shape index (κ2) is 6.01. The maximum absolute atomic E-state index is 13.9. The van der Waals surface area contributed by atoms with Gasteiger partial charge < -0.3 is 10.1 Å². The van der Waals surface area contributed by atoms with Gasteiger partial charge in [0.2, 0.25) is 0 Å².